The zero-order valence-electron chi connectivity index (χ0n) is 12.8. The minimum Gasteiger partial charge on any atom is -0.548 e. The standard InChI is InChI=1S/C15H13NO7S2/c1-22-10-4-8(2-3-9(10)23-7-13(19)20)5-11-14(21)16(6-12(17)18)15(24)25-11/h2-5H,6-7H2,1H3,(H,17,18)(H,19,20)/p-2/b11-5-. The maximum atomic E-state index is 12.2. The van der Waals surface area contributed by atoms with Crippen LogP contribution in [0.25, 0.3) is 6.08 Å². The van der Waals surface area contributed by atoms with Crippen LogP contribution in [0.3, 0.4) is 0 Å². The van der Waals surface area contributed by atoms with E-state index in [1.165, 1.54) is 25.3 Å². The van der Waals surface area contributed by atoms with Crippen LogP contribution in [0.2, 0.25) is 0 Å². The van der Waals surface area contributed by atoms with Crippen molar-refractivity contribution in [3.8, 4) is 11.5 Å². The lowest BCUT2D eigenvalue weighted by molar-refractivity contribution is -0.308. The van der Waals surface area contributed by atoms with Crippen LogP contribution in [0.4, 0.5) is 0 Å². The minimum atomic E-state index is -1.41. The van der Waals surface area contributed by atoms with Gasteiger partial charge in [0.15, 0.2) is 11.5 Å². The molecule has 0 atom stereocenters. The molecule has 0 unspecified atom stereocenters. The largest absolute Gasteiger partial charge is 0.548 e. The Labute approximate surface area is 152 Å². The average Bonchev–Trinajstić information content (AvgIpc) is 2.80. The van der Waals surface area contributed by atoms with Gasteiger partial charge >= 0.3 is 0 Å². The van der Waals surface area contributed by atoms with Gasteiger partial charge in [-0.05, 0) is 23.8 Å². The number of thiocarbonyl (C=S) groups is 1. The fraction of sp³-hybridized carbons (Fsp3) is 0.200. The molecule has 1 fully saturated rings. The Kier molecular flexibility index (Phi) is 5.99. The summed E-state index contributed by atoms with van der Waals surface area (Å²) in [6, 6.07) is 4.60. The lowest BCUT2D eigenvalue weighted by Crippen LogP contribution is -2.40. The fourth-order valence-electron chi connectivity index (χ4n) is 1.95. The molecule has 0 N–H and O–H groups in total. The van der Waals surface area contributed by atoms with Crippen LogP contribution < -0.4 is 19.7 Å². The van der Waals surface area contributed by atoms with Gasteiger partial charge in [-0.3, -0.25) is 9.69 Å². The highest BCUT2D eigenvalue weighted by Gasteiger charge is 2.31. The van der Waals surface area contributed by atoms with E-state index in [4.69, 9.17) is 21.7 Å². The number of nitrogens with zero attached hydrogens (tertiary/aromatic N) is 1. The van der Waals surface area contributed by atoms with Gasteiger partial charge in [-0.25, -0.2) is 0 Å². The molecular formula is C15H11NO7S2-2. The number of ether oxygens (including phenoxy) is 2. The van der Waals surface area contributed by atoms with E-state index in [2.05, 4.69) is 0 Å². The molecule has 8 nitrogen and oxygen atoms in total. The van der Waals surface area contributed by atoms with E-state index in [0.29, 0.717) is 5.56 Å². The molecule has 10 heteroatoms. The SMILES string of the molecule is COc1cc(/C=C2\SC(=S)N(CC(=O)[O-])C2=O)ccc1OCC(=O)[O-]. The molecule has 1 amide bonds. The van der Waals surface area contributed by atoms with Gasteiger partial charge in [0.2, 0.25) is 0 Å². The number of aliphatic carboxylic acids is 2. The van der Waals surface area contributed by atoms with E-state index in [1.807, 2.05) is 0 Å². The quantitative estimate of drug-likeness (QED) is 0.423. The number of benzene rings is 1. The number of amides is 1. The van der Waals surface area contributed by atoms with Crippen LogP contribution in [0, 0.1) is 0 Å². The van der Waals surface area contributed by atoms with Crippen LogP contribution in [0.5, 0.6) is 11.5 Å². The van der Waals surface area contributed by atoms with Crippen LogP contribution in [-0.4, -0.2) is 47.3 Å². The Morgan fingerprint density at radius 2 is 2.00 bits per heavy atom. The number of carbonyl (C=O) groups excluding carboxylic acids is 3. The van der Waals surface area contributed by atoms with E-state index in [-0.39, 0.29) is 20.7 Å². The van der Waals surface area contributed by atoms with Gasteiger partial charge in [-0.1, -0.05) is 30.0 Å². The van der Waals surface area contributed by atoms with Crippen LogP contribution >= 0.6 is 24.0 Å². The van der Waals surface area contributed by atoms with E-state index < -0.39 is 31.0 Å². The highest BCUT2D eigenvalue weighted by Crippen LogP contribution is 2.34. The first kappa shape index (κ1) is 18.7. The Hall–Kier alpha value is -2.59. The van der Waals surface area contributed by atoms with Crippen molar-refractivity contribution in [3.63, 3.8) is 0 Å². The number of hydrogen-bond acceptors (Lipinski definition) is 9. The molecule has 0 aromatic heterocycles. The first-order valence-corrected chi connectivity index (χ1v) is 8.00. The second kappa shape index (κ2) is 7.99. The van der Waals surface area contributed by atoms with Crippen molar-refractivity contribution < 1.29 is 34.1 Å². The van der Waals surface area contributed by atoms with E-state index in [1.54, 1.807) is 6.07 Å². The average molecular weight is 381 g/mol. The number of methoxy groups -OCH3 is 1. The molecule has 1 saturated heterocycles. The van der Waals surface area contributed by atoms with Crippen molar-refractivity contribution in [1.82, 2.24) is 4.90 Å². The smallest absolute Gasteiger partial charge is 0.266 e. The highest BCUT2D eigenvalue weighted by molar-refractivity contribution is 8.26. The maximum Gasteiger partial charge on any atom is 0.266 e. The number of thioether (sulfide) groups is 1. The fourth-order valence-corrected chi connectivity index (χ4v) is 3.20. The number of carboxylic acid groups (broad SMARTS) is 2. The molecule has 1 aromatic rings. The van der Waals surface area contributed by atoms with Gasteiger partial charge in [0.1, 0.15) is 10.9 Å². The molecule has 1 heterocycles. The molecule has 0 radical (unpaired) electrons. The first-order chi connectivity index (χ1) is 11.8. The van der Waals surface area contributed by atoms with Crippen molar-refractivity contribution in [2.24, 2.45) is 0 Å². The molecule has 0 spiro atoms. The molecule has 25 heavy (non-hydrogen) atoms. The Bertz CT molecular complexity index is 775. The van der Waals surface area contributed by atoms with Crippen molar-refractivity contribution in [2.75, 3.05) is 20.3 Å². The highest BCUT2D eigenvalue weighted by atomic mass is 32.2. The number of hydrogen-bond donors (Lipinski definition) is 0. The topological polar surface area (TPSA) is 119 Å². The molecular weight excluding hydrogens is 370 g/mol. The molecule has 0 aliphatic carbocycles. The summed E-state index contributed by atoms with van der Waals surface area (Å²) in [6.07, 6.45) is 1.51. The first-order valence-electron chi connectivity index (χ1n) is 6.77. The van der Waals surface area contributed by atoms with Crippen molar-refractivity contribution >= 4 is 52.2 Å². The van der Waals surface area contributed by atoms with E-state index in [0.717, 1.165) is 16.7 Å². The van der Waals surface area contributed by atoms with Crippen LogP contribution in [0.15, 0.2) is 23.1 Å². The third-order valence-corrected chi connectivity index (χ3v) is 4.37. The summed E-state index contributed by atoms with van der Waals surface area (Å²) in [6.45, 7) is -1.24. The number of carbonyl (C=O) groups is 3. The normalized spacial score (nSPS) is 15.6. The van der Waals surface area contributed by atoms with E-state index >= 15 is 0 Å². The molecule has 1 aliphatic heterocycles. The Balaban J connectivity index is 2.23. The van der Waals surface area contributed by atoms with Crippen LogP contribution in [-0.2, 0) is 14.4 Å². The predicted molar refractivity (Wildman–Crippen MR) is 88.4 cm³/mol. The number of carboxylic acids is 2. The zero-order chi connectivity index (χ0) is 18.6. The molecule has 0 bridgehead atoms. The lowest BCUT2D eigenvalue weighted by atomic mass is 10.2. The summed E-state index contributed by atoms with van der Waals surface area (Å²) in [5.41, 5.74) is 0.562. The van der Waals surface area contributed by atoms with E-state index in [9.17, 15) is 24.6 Å². The second-order valence-corrected chi connectivity index (χ2v) is 6.39. The third kappa shape index (κ3) is 4.70. The van der Waals surface area contributed by atoms with Gasteiger partial charge in [0.05, 0.1) is 30.5 Å². The van der Waals surface area contributed by atoms with Gasteiger partial charge in [0, 0.05) is 0 Å². The number of rotatable bonds is 7. The summed E-state index contributed by atoms with van der Waals surface area (Å²) >= 11 is 5.96. The summed E-state index contributed by atoms with van der Waals surface area (Å²) in [4.78, 5) is 34.5. The van der Waals surface area contributed by atoms with Gasteiger partial charge < -0.3 is 29.3 Å². The van der Waals surface area contributed by atoms with Gasteiger partial charge in [0.25, 0.3) is 5.91 Å². The lowest BCUT2D eigenvalue weighted by Gasteiger charge is -2.14. The van der Waals surface area contributed by atoms with Crippen molar-refractivity contribution in [3.05, 3.63) is 28.7 Å². The summed E-state index contributed by atoms with van der Waals surface area (Å²) < 4.78 is 10.3. The molecule has 2 rings (SSSR count). The Morgan fingerprint density at radius 1 is 1.28 bits per heavy atom. The second-order valence-electron chi connectivity index (χ2n) is 4.71. The molecule has 132 valence electrons. The molecule has 1 aliphatic rings. The van der Waals surface area contributed by atoms with Gasteiger partial charge in [-0.15, -0.1) is 0 Å². The monoisotopic (exact) mass is 381 g/mol. The summed E-state index contributed by atoms with van der Waals surface area (Å²) in [5.74, 6) is -2.85. The third-order valence-electron chi connectivity index (χ3n) is 2.99. The predicted octanol–water partition coefficient (Wildman–Crippen LogP) is -1.22. The van der Waals surface area contributed by atoms with Crippen LogP contribution in [0.1, 0.15) is 5.56 Å². The maximum absolute atomic E-state index is 12.2. The molecule has 1 aromatic carbocycles. The van der Waals surface area contributed by atoms with Gasteiger partial charge in [-0.2, -0.15) is 0 Å². The minimum absolute atomic E-state index is 0.126. The van der Waals surface area contributed by atoms with Crippen molar-refractivity contribution in [2.45, 2.75) is 0 Å². The Morgan fingerprint density at radius 3 is 2.60 bits per heavy atom. The zero-order valence-corrected chi connectivity index (χ0v) is 14.5. The molecule has 0 saturated carbocycles. The summed E-state index contributed by atoms with van der Waals surface area (Å²) in [5, 5.41) is 21.1. The summed E-state index contributed by atoms with van der Waals surface area (Å²) in [7, 11) is 1.38. The van der Waals surface area contributed by atoms with Crippen molar-refractivity contribution in [1.29, 1.82) is 0 Å².